The molecule has 29 heavy (non-hydrogen) atoms. The van der Waals surface area contributed by atoms with Crippen molar-refractivity contribution in [1.29, 1.82) is 0 Å². The molecule has 2 heterocycles. The van der Waals surface area contributed by atoms with Gasteiger partial charge in [-0.3, -0.25) is 4.79 Å². The van der Waals surface area contributed by atoms with Crippen LogP contribution in [0.15, 0.2) is 54.9 Å². The Morgan fingerprint density at radius 1 is 1.03 bits per heavy atom. The van der Waals surface area contributed by atoms with Crippen LogP contribution in [0.4, 0.5) is 11.6 Å². The molecule has 0 fully saturated rings. The van der Waals surface area contributed by atoms with Gasteiger partial charge in [-0.2, -0.15) is 0 Å². The Kier molecular flexibility index (Phi) is 5.29. The summed E-state index contributed by atoms with van der Waals surface area (Å²) >= 11 is 0. The van der Waals surface area contributed by atoms with Crippen molar-refractivity contribution in [3.05, 3.63) is 71.5 Å². The van der Waals surface area contributed by atoms with E-state index in [9.17, 15) is 4.79 Å². The number of anilines is 2. The number of hydrogen-bond donors (Lipinski definition) is 1. The van der Waals surface area contributed by atoms with Crippen molar-refractivity contribution in [1.82, 2.24) is 9.97 Å². The Morgan fingerprint density at radius 2 is 1.79 bits per heavy atom. The summed E-state index contributed by atoms with van der Waals surface area (Å²) in [6.45, 7) is 1.62. The summed E-state index contributed by atoms with van der Waals surface area (Å²) in [5, 5.41) is 2.83. The standard InChI is InChI=1S/C22H22N4O3/c1-28-18-7-8-19(20(11-18)29-2)25-21(27)17-12-23-22(24-13-17)26-10-9-15-5-3-4-6-16(15)14-26/h3-8,11-13H,9-10,14H2,1-2H3,(H,25,27). The molecule has 1 aliphatic heterocycles. The molecule has 7 heteroatoms. The Hall–Kier alpha value is -3.61. The molecule has 1 aliphatic rings. The molecule has 0 spiro atoms. The van der Waals surface area contributed by atoms with Crippen molar-refractivity contribution in [2.24, 2.45) is 0 Å². The Labute approximate surface area is 169 Å². The molecule has 1 N–H and O–H groups in total. The second-order valence-electron chi connectivity index (χ2n) is 6.73. The Morgan fingerprint density at radius 3 is 2.52 bits per heavy atom. The number of nitrogens with one attached hydrogen (secondary N) is 1. The van der Waals surface area contributed by atoms with Crippen molar-refractivity contribution in [2.45, 2.75) is 13.0 Å². The predicted molar refractivity (Wildman–Crippen MR) is 111 cm³/mol. The summed E-state index contributed by atoms with van der Waals surface area (Å²) in [7, 11) is 3.12. The molecule has 0 unspecified atom stereocenters. The second-order valence-corrected chi connectivity index (χ2v) is 6.73. The van der Waals surface area contributed by atoms with Crippen LogP contribution in [0.2, 0.25) is 0 Å². The normalized spacial score (nSPS) is 12.8. The van der Waals surface area contributed by atoms with Crippen LogP contribution in [0.1, 0.15) is 21.5 Å². The van der Waals surface area contributed by atoms with Crippen LogP contribution in [0, 0.1) is 0 Å². The molecule has 0 bridgehead atoms. The number of carbonyl (C=O) groups is 1. The average molecular weight is 390 g/mol. The Balaban J connectivity index is 1.46. The minimum Gasteiger partial charge on any atom is -0.497 e. The van der Waals surface area contributed by atoms with E-state index in [0.717, 1.165) is 19.5 Å². The molecule has 0 radical (unpaired) electrons. The summed E-state index contributed by atoms with van der Waals surface area (Å²) in [5.74, 6) is 1.49. The summed E-state index contributed by atoms with van der Waals surface area (Å²) < 4.78 is 10.5. The van der Waals surface area contributed by atoms with Crippen LogP contribution in [0.3, 0.4) is 0 Å². The van der Waals surface area contributed by atoms with Gasteiger partial charge in [0.15, 0.2) is 0 Å². The first-order valence-corrected chi connectivity index (χ1v) is 9.35. The van der Waals surface area contributed by atoms with E-state index in [0.29, 0.717) is 28.7 Å². The van der Waals surface area contributed by atoms with Crippen LogP contribution in [-0.2, 0) is 13.0 Å². The van der Waals surface area contributed by atoms with Gasteiger partial charge in [0, 0.05) is 31.5 Å². The topological polar surface area (TPSA) is 76.6 Å². The zero-order chi connectivity index (χ0) is 20.2. The van der Waals surface area contributed by atoms with Gasteiger partial charge in [-0.25, -0.2) is 9.97 Å². The van der Waals surface area contributed by atoms with Crippen LogP contribution < -0.4 is 19.7 Å². The largest absolute Gasteiger partial charge is 0.497 e. The zero-order valence-electron chi connectivity index (χ0n) is 16.4. The van der Waals surface area contributed by atoms with Gasteiger partial charge in [-0.05, 0) is 29.7 Å². The smallest absolute Gasteiger partial charge is 0.258 e. The second kappa shape index (κ2) is 8.18. The molecule has 0 saturated carbocycles. The molecule has 3 aromatic rings. The van der Waals surface area contributed by atoms with Gasteiger partial charge in [-0.1, -0.05) is 24.3 Å². The third-order valence-corrected chi connectivity index (χ3v) is 4.97. The van der Waals surface area contributed by atoms with Crippen molar-refractivity contribution in [3.63, 3.8) is 0 Å². The molecule has 0 atom stereocenters. The number of amides is 1. The quantitative estimate of drug-likeness (QED) is 0.720. The number of aromatic nitrogens is 2. The lowest BCUT2D eigenvalue weighted by molar-refractivity contribution is 0.102. The van der Waals surface area contributed by atoms with E-state index in [4.69, 9.17) is 9.47 Å². The molecule has 7 nitrogen and oxygen atoms in total. The average Bonchev–Trinajstić information content (AvgIpc) is 2.79. The zero-order valence-corrected chi connectivity index (χ0v) is 16.4. The predicted octanol–water partition coefficient (Wildman–Crippen LogP) is 3.31. The molecule has 1 amide bonds. The highest BCUT2D eigenvalue weighted by Gasteiger charge is 2.19. The van der Waals surface area contributed by atoms with Gasteiger partial charge in [0.05, 0.1) is 25.5 Å². The van der Waals surface area contributed by atoms with Crippen molar-refractivity contribution < 1.29 is 14.3 Å². The summed E-state index contributed by atoms with van der Waals surface area (Å²) in [6, 6.07) is 13.6. The molecule has 0 aliphatic carbocycles. The number of methoxy groups -OCH3 is 2. The lowest BCUT2D eigenvalue weighted by Gasteiger charge is -2.28. The lowest BCUT2D eigenvalue weighted by atomic mass is 10.0. The monoisotopic (exact) mass is 390 g/mol. The highest BCUT2D eigenvalue weighted by Crippen LogP contribution is 2.29. The van der Waals surface area contributed by atoms with Crippen molar-refractivity contribution in [2.75, 3.05) is 31.0 Å². The first-order valence-electron chi connectivity index (χ1n) is 9.35. The number of benzene rings is 2. The van der Waals surface area contributed by atoms with Gasteiger partial charge in [0.25, 0.3) is 5.91 Å². The molecule has 0 saturated heterocycles. The number of rotatable bonds is 5. The lowest BCUT2D eigenvalue weighted by Crippen LogP contribution is -2.31. The maximum absolute atomic E-state index is 12.6. The summed E-state index contributed by atoms with van der Waals surface area (Å²) in [6.07, 6.45) is 4.06. The summed E-state index contributed by atoms with van der Waals surface area (Å²) in [5.41, 5.74) is 3.59. The molecule has 4 rings (SSSR count). The minimum atomic E-state index is -0.302. The maximum atomic E-state index is 12.6. The Bertz CT molecular complexity index is 1020. The first kappa shape index (κ1) is 18.7. The fourth-order valence-corrected chi connectivity index (χ4v) is 3.36. The number of ether oxygens (including phenoxy) is 2. The fraction of sp³-hybridized carbons (Fsp3) is 0.227. The maximum Gasteiger partial charge on any atom is 0.258 e. The number of nitrogens with zero attached hydrogens (tertiary/aromatic N) is 3. The van der Waals surface area contributed by atoms with Crippen LogP contribution in [0.5, 0.6) is 11.5 Å². The third kappa shape index (κ3) is 3.99. The van der Waals surface area contributed by atoms with E-state index in [2.05, 4.69) is 38.4 Å². The van der Waals surface area contributed by atoms with Gasteiger partial charge in [0.1, 0.15) is 11.5 Å². The molecule has 148 valence electrons. The van der Waals surface area contributed by atoms with E-state index in [1.807, 2.05) is 6.07 Å². The summed E-state index contributed by atoms with van der Waals surface area (Å²) in [4.78, 5) is 23.5. The van der Waals surface area contributed by atoms with Crippen LogP contribution in [0.25, 0.3) is 0 Å². The molecule has 2 aromatic carbocycles. The van der Waals surface area contributed by atoms with E-state index in [-0.39, 0.29) is 5.91 Å². The highest BCUT2D eigenvalue weighted by molar-refractivity contribution is 6.04. The third-order valence-electron chi connectivity index (χ3n) is 4.97. The van der Waals surface area contributed by atoms with Crippen molar-refractivity contribution in [3.8, 4) is 11.5 Å². The van der Waals surface area contributed by atoms with E-state index in [1.54, 1.807) is 44.8 Å². The number of carbonyl (C=O) groups excluding carboxylic acids is 1. The van der Waals surface area contributed by atoms with Gasteiger partial charge < -0.3 is 19.7 Å². The van der Waals surface area contributed by atoms with Gasteiger partial charge >= 0.3 is 0 Å². The fourth-order valence-electron chi connectivity index (χ4n) is 3.36. The SMILES string of the molecule is COc1ccc(NC(=O)c2cnc(N3CCc4ccccc4C3)nc2)c(OC)c1. The number of fused-ring (bicyclic) bond motifs is 1. The van der Waals surface area contributed by atoms with Crippen LogP contribution in [-0.4, -0.2) is 36.6 Å². The van der Waals surface area contributed by atoms with Gasteiger partial charge in [-0.15, -0.1) is 0 Å². The van der Waals surface area contributed by atoms with E-state index in [1.165, 1.54) is 11.1 Å². The molecular formula is C22H22N4O3. The highest BCUT2D eigenvalue weighted by atomic mass is 16.5. The molecule has 1 aromatic heterocycles. The van der Waals surface area contributed by atoms with E-state index < -0.39 is 0 Å². The number of hydrogen-bond acceptors (Lipinski definition) is 6. The van der Waals surface area contributed by atoms with Crippen molar-refractivity contribution >= 4 is 17.5 Å². The van der Waals surface area contributed by atoms with Crippen LogP contribution >= 0.6 is 0 Å². The van der Waals surface area contributed by atoms with Gasteiger partial charge in [0.2, 0.25) is 5.95 Å². The minimum absolute atomic E-state index is 0.302. The molecular weight excluding hydrogens is 368 g/mol. The van der Waals surface area contributed by atoms with E-state index >= 15 is 0 Å². The first-order chi connectivity index (χ1) is 14.2.